The van der Waals surface area contributed by atoms with Crippen LogP contribution in [0.1, 0.15) is 17.9 Å². The number of benzene rings is 2. The van der Waals surface area contributed by atoms with Crippen LogP contribution in [0.4, 0.5) is 5.69 Å². The fourth-order valence-electron chi connectivity index (χ4n) is 3.56. The third kappa shape index (κ3) is 1.94. The molecule has 2 aromatic carbocycles. The Kier molecular flexibility index (Phi) is 2.84. The van der Waals surface area contributed by atoms with E-state index in [-0.39, 0.29) is 0 Å². The third-order valence-electron chi connectivity index (χ3n) is 4.76. The molecule has 4 rings (SSSR count). The fraction of sp³-hybridized carbons (Fsp3) is 0.263. The average Bonchev–Trinajstić information content (AvgIpc) is 2.50. The Morgan fingerprint density at radius 2 is 1.50 bits per heavy atom. The molecule has 1 aliphatic heterocycles. The van der Waals surface area contributed by atoms with Crippen LogP contribution in [0.25, 0.3) is 0 Å². The van der Waals surface area contributed by atoms with Gasteiger partial charge in [-0.15, -0.1) is 0 Å². The molecule has 1 heterocycles. The number of fused-ring (bicyclic) bond motifs is 1. The van der Waals surface area contributed by atoms with Crippen LogP contribution in [-0.2, 0) is 0 Å². The first-order chi connectivity index (χ1) is 9.92. The summed E-state index contributed by atoms with van der Waals surface area (Å²) in [4.78, 5) is 2.50. The summed E-state index contributed by atoms with van der Waals surface area (Å²) < 4.78 is 0. The first-order valence-corrected chi connectivity index (χ1v) is 7.46. The zero-order valence-corrected chi connectivity index (χ0v) is 11.6. The predicted octanol–water partition coefficient (Wildman–Crippen LogP) is 4.24. The van der Waals surface area contributed by atoms with E-state index in [1.807, 2.05) is 0 Å². The van der Waals surface area contributed by atoms with Crippen LogP contribution in [0, 0.1) is 5.92 Å². The first-order valence-electron chi connectivity index (χ1n) is 7.46. The molecule has 0 aromatic heterocycles. The minimum Gasteiger partial charge on any atom is -0.367 e. The van der Waals surface area contributed by atoms with Crippen molar-refractivity contribution in [1.29, 1.82) is 0 Å². The standard InChI is InChI=1S/C19H19N/c1-3-7-15(8-4-1)18-13-16-11-12-20(14-19(16)18)17-9-5-2-6-10-17/h1-11,18-19H,12-14H2/t18-,19-/m1/s1. The van der Waals surface area contributed by atoms with Gasteiger partial charge in [-0.3, -0.25) is 0 Å². The van der Waals surface area contributed by atoms with E-state index in [1.54, 1.807) is 5.57 Å². The van der Waals surface area contributed by atoms with Crippen LogP contribution in [0.2, 0.25) is 0 Å². The highest BCUT2D eigenvalue weighted by atomic mass is 15.1. The number of rotatable bonds is 2. The van der Waals surface area contributed by atoms with Gasteiger partial charge in [-0.05, 0) is 30.0 Å². The van der Waals surface area contributed by atoms with E-state index in [0.717, 1.165) is 13.1 Å². The summed E-state index contributed by atoms with van der Waals surface area (Å²) in [5.41, 5.74) is 4.53. The highest BCUT2D eigenvalue weighted by Gasteiger charge is 2.39. The van der Waals surface area contributed by atoms with Crippen molar-refractivity contribution in [2.75, 3.05) is 18.0 Å². The van der Waals surface area contributed by atoms with Crippen LogP contribution in [-0.4, -0.2) is 13.1 Å². The summed E-state index contributed by atoms with van der Waals surface area (Å²) in [5.74, 6) is 1.43. The van der Waals surface area contributed by atoms with E-state index in [4.69, 9.17) is 0 Å². The van der Waals surface area contributed by atoms with Crippen LogP contribution in [0.15, 0.2) is 72.3 Å². The number of hydrogen-bond acceptors (Lipinski definition) is 1. The van der Waals surface area contributed by atoms with Crippen molar-refractivity contribution in [3.63, 3.8) is 0 Å². The van der Waals surface area contributed by atoms with Crippen LogP contribution >= 0.6 is 0 Å². The van der Waals surface area contributed by atoms with E-state index in [9.17, 15) is 0 Å². The van der Waals surface area contributed by atoms with Crippen molar-refractivity contribution in [2.24, 2.45) is 5.92 Å². The fourth-order valence-corrected chi connectivity index (χ4v) is 3.56. The van der Waals surface area contributed by atoms with E-state index < -0.39 is 0 Å². The largest absolute Gasteiger partial charge is 0.367 e. The van der Waals surface area contributed by atoms with E-state index in [2.05, 4.69) is 71.6 Å². The molecule has 1 nitrogen and oxygen atoms in total. The Morgan fingerprint density at radius 1 is 0.800 bits per heavy atom. The maximum atomic E-state index is 2.50. The lowest BCUT2D eigenvalue weighted by molar-refractivity contribution is 0.356. The maximum Gasteiger partial charge on any atom is 0.0369 e. The van der Waals surface area contributed by atoms with Crippen molar-refractivity contribution >= 4 is 5.69 Å². The molecule has 2 aromatic rings. The Hall–Kier alpha value is -2.02. The number of para-hydroxylation sites is 1. The molecule has 1 fully saturated rings. The van der Waals surface area contributed by atoms with Gasteiger partial charge in [-0.25, -0.2) is 0 Å². The molecular weight excluding hydrogens is 242 g/mol. The first kappa shape index (κ1) is 11.8. The quantitative estimate of drug-likeness (QED) is 0.731. The maximum absolute atomic E-state index is 2.50. The topological polar surface area (TPSA) is 3.24 Å². The van der Waals surface area contributed by atoms with Crippen LogP contribution < -0.4 is 4.90 Å². The molecule has 20 heavy (non-hydrogen) atoms. The average molecular weight is 261 g/mol. The third-order valence-corrected chi connectivity index (χ3v) is 4.76. The molecule has 2 atom stereocenters. The minimum absolute atomic E-state index is 0.714. The normalized spacial score (nSPS) is 24.6. The molecule has 0 radical (unpaired) electrons. The smallest absolute Gasteiger partial charge is 0.0369 e. The summed E-state index contributed by atoms with van der Waals surface area (Å²) in [6, 6.07) is 21.8. The Labute approximate surface area is 120 Å². The van der Waals surface area contributed by atoms with Gasteiger partial charge in [0.1, 0.15) is 0 Å². The second-order valence-corrected chi connectivity index (χ2v) is 5.85. The molecule has 0 amide bonds. The van der Waals surface area contributed by atoms with Crippen molar-refractivity contribution in [2.45, 2.75) is 12.3 Å². The Bertz CT molecular complexity index is 577. The van der Waals surface area contributed by atoms with E-state index >= 15 is 0 Å². The van der Waals surface area contributed by atoms with Crippen molar-refractivity contribution < 1.29 is 0 Å². The summed E-state index contributed by atoms with van der Waals surface area (Å²) in [6.07, 6.45) is 3.71. The zero-order valence-electron chi connectivity index (χ0n) is 11.6. The number of hydrogen-bond donors (Lipinski definition) is 0. The van der Waals surface area contributed by atoms with Gasteiger partial charge >= 0.3 is 0 Å². The molecule has 1 heteroatoms. The Balaban J connectivity index is 1.56. The summed E-state index contributed by atoms with van der Waals surface area (Å²) >= 11 is 0. The molecular formula is C19H19N. The molecule has 1 saturated carbocycles. The molecule has 2 aliphatic rings. The van der Waals surface area contributed by atoms with Gasteiger partial charge in [0.05, 0.1) is 0 Å². The molecule has 0 unspecified atom stereocenters. The molecule has 100 valence electrons. The van der Waals surface area contributed by atoms with E-state index in [0.29, 0.717) is 11.8 Å². The monoisotopic (exact) mass is 261 g/mol. The summed E-state index contributed by atoms with van der Waals surface area (Å²) in [5, 5.41) is 0. The lowest BCUT2D eigenvalue weighted by atomic mass is 9.64. The number of anilines is 1. The Morgan fingerprint density at radius 3 is 2.25 bits per heavy atom. The molecule has 0 spiro atoms. The number of nitrogens with zero attached hydrogens (tertiary/aromatic N) is 1. The molecule has 0 bridgehead atoms. The van der Waals surface area contributed by atoms with Gasteiger partial charge in [0.2, 0.25) is 0 Å². The minimum atomic E-state index is 0.714. The van der Waals surface area contributed by atoms with Gasteiger partial charge < -0.3 is 4.90 Å². The molecule has 0 saturated heterocycles. The zero-order chi connectivity index (χ0) is 13.4. The molecule has 1 aliphatic carbocycles. The predicted molar refractivity (Wildman–Crippen MR) is 84.0 cm³/mol. The van der Waals surface area contributed by atoms with E-state index in [1.165, 1.54) is 17.7 Å². The second-order valence-electron chi connectivity index (χ2n) is 5.85. The highest BCUT2D eigenvalue weighted by molar-refractivity contribution is 5.50. The summed E-state index contributed by atoms with van der Waals surface area (Å²) in [7, 11) is 0. The van der Waals surface area contributed by atoms with Gasteiger partial charge in [-0.1, -0.05) is 60.2 Å². The van der Waals surface area contributed by atoms with Crippen LogP contribution in [0.3, 0.4) is 0 Å². The van der Waals surface area contributed by atoms with Gasteiger partial charge in [0.15, 0.2) is 0 Å². The SMILES string of the molecule is C1=C2C[C@H](c3ccccc3)[C@@H]2CN(c2ccccc2)C1. The second kappa shape index (κ2) is 4.82. The van der Waals surface area contributed by atoms with Crippen molar-refractivity contribution in [1.82, 2.24) is 0 Å². The highest BCUT2D eigenvalue weighted by Crippen LogP contribution is 2.49. The molecule has 0 N–H and O–H groups in total. The van der Waals surface area contributed by atoms with Crippen LogP contribution in [0.5, 0.6) is 0 Å². The summed E-state index contributed by atoms with van der Waals surface area (Å²) in [6.45, 7) is 2.23. The lowest BCUT2D eigenvalue weighted by Gasteiger charge is -2.46. The lowest BCUT2D eigenvalue weighted by Crippen LogP contribution is -2.43. The van der Waals surface area contributed by atoms with Gasteiger partial charge in [-0.2, -0.15) is 0 Å². The van der Waals surface area contributed by atoms with Crippen molar-refractivity contribution in [3.8, 4) is 0 Å². The van der Waals surface area contributed by atoms with Gasteiger partial charge in [0.25, 0.3) is 0 Å². The van der Waals surface area contributed by atoms with Crippen molar-refractivity contribution in [3.05, 3.63) is 77.9 Å². The van der Waals surface area contributed by atoms with Gasteiger partial charge in [0, 0.05) is 24.7 Å².